The van der Waals surface area contributed by atoms with Gasteiger partial charge in [0.1, 0.15) is 0 Å². The summed E-state index contributed by atoms with van der Waals surface area (Å²) >= 11 is 0. The van der Waals surface area contributed by atoms with Crippen molar-refractivity contribution in [1.29, 1.82) is 0 Å². The van der Waals surface area contributed by atoms with Gasteiger partial charge in [-0.2, -0.15) is 0 Å². The van der Waals surface area contributed by atoms with Gasteiger partial charge >= 0.3 is 0 Å². The Morgan fingerprint density at radius 1 is 0.314 bits per heavy atom. The normalized spacial score (nSPS) is 25.2. The fraction of sp³-hybridized carbons (Fsp3) is 1.00. The minimum atomic E-state index is 1.09. The van der Waals surface area contributed by atoms with Crippen molar-refractivity contribution in [2.24, 2.45) is 23.7 Å². The highest BCUT2D eigenvalue weighted by atomic mass is 14.3. The third-order valence-corrected chi connectivity index (χ3v) is 10.1. The van der Waals surface area contributed by atoms with Crippen molar-refractivity contribution in [1.82, 2.24) is 0 Å². The van der Waals surface area contributed by atoms with E-state index in [0.717, 1.165) is 23.7 Å². The predicted octanol–water partition coefficient (Wildman–Crippen LogP) is 12.8. The Bertz CT molecular complexity index is 399. The summed E-state index contributed by atoms with van der Waals surface area (Å²) in [6, 6.07) is 0. The van der Waals surface area contributed by atoms with Gasteiger partial charge in [0.25, 0.3) is 0 Å². The lowest BCUT2D eigenvalue weighted by Crippen LogP contribution is -2.19. The molecule has 2 aliphatic carbocycles. The van der Waals surface area contributed by atoms with E-state index < -0.39 is 0 Å². The minimum absolute atomic E-state index is 1.09. The van der Waals surface area contributed by atoms with Crippen LogP contribution in [0.1, 0.15) is 200 Å². The van der Waals surface area contributed by atoms with Gasteiger partial charge in [0.15, 0.2) is 0 Å². The molecule has 0 N–H and O–H groups in total. The van der Waals surface area contributed by atoms with Crippen LogP contribution in [0.4, 0.5) is 0 Å². The molecular formula is C35H68. The van der Waals surface area contributed by atoms with E-state index in [4.69, 9.17) is 0 Å². The second kappa shape index (κ2) is 22.0. The van der Waals surface area contributed by atoms with Crippen molar-refractivity contribution in [3.8, 4) is 0 Å². The lowest BCUT2D eigenvalue weighted by atomic mass is 9.74. The van der Waals surface area contributed by atoms with E-state index >= 15 is 0 Å². The van der Waals surface area contributed by atoms with E-state index in [-0.39, 0.29) is 0 Å². The minimum Gasteiger partial charge on any atom is -0.0654 e. The van der Waals surface area contributed by atoms with E-state index in [2.05, 4.69) is 13.8 Å². The summed E-state index contributed by atoms with van der Waals surface area (Å²) in [6.07, 6.45) is 43.8. The molecule has 2 aliphatic rings. The molecule has 4 atom stereocenters. The molecule has 0 aromatic rings. The second-order valence-electron chi connectivity index (χ2n) is 13.1. The molecule has 4 unspecified atom stereocenters. The Kier molecular flexibility index (Phi) is 19.6. The van der Waals surface area contributed by atoms with Crippen LogP contribution in [0.25, 0.3) is 0 Å². The van der Waals surface area contributed by atoms with Crippen molar-refractivity contribution in [3.05, 3.63) is 0 Å². The van der Waals surface area contributed by atoms with E-state index in [1.165, 1.54) is 148 Å². The van der Waals surface area contributed by atoms with Gasteiger partial charge in [-0.15, -0.1) is 0 Å². The van der Waals surface area contributed by atoms with Crippen LogP contribution < -0.4 is 0 Å². The van der Waals surface area contributed by atoms with Crippen LogP contribution in [0.15, 0.2) is 0 Å². The first-order valence-electron chi connectivity index (χ1n) is 17.3. The van der Waals surface area contributed by atoms with Gasteiger partial charge in [-0.3, -0.25) is 0 Å². The lowest BCUT2D eigenvalue weighted by molar-refractivity contribution is 0.203. The summed E-state index contributed by atoms with van der Waals surface area (Å²) in [5.41, 5.74) is 0. The summed E-state index contributed by atoms with van der Waals surface area (Å²) in [5, 5.41) is 0. The SMILES string of the molecule is CCCCC1CCCCC1CCCCCCCCCCCCCCCC1CCCCC1CCCC. The zero-order valence-electron chi connectivity index (χ0n) is 24.8. The highest BCUT2D eigenvalue weighted by Gasteiger charge is 2.24. The molecule has 0 heterocycles. The topological polar surface area (TPSA) is 0 Å². The molecule has 2 rings (SSSR count). The van der Waals surface area contributed by atoms with Crippen molar-refractivity contribution in [2.45, 2.75) is 200 Å². The van der Waals surface area contributed by atoms with Gasteiger partial charge in [-0.05, 0) is 23.7 Å². The first kappa shape index (κ1) is 31.2. The molecule has 35 heavy (non-hydrogen) atoms. The Hall–Kier alpha value is 0. The number of rotatable bonds is 22. The van der Waals surface area contributed by atoms with Crippen LogP contribution in [-0.2, 0) is 0 Å². The molecule has 0 aromatic carbocycles. The molecule has 2 fully saturated rings. The van der Waals surface area contributed by atoms with Gasteiger partial charge in [0.2, 0.25) is 0 Å². The monoisotopic (exact) mass is 489 g/mol. The molecule has 0 spiro atoms. The number of unbranched alkanes of at least 4 members (excludes halogenated alkanes) is 14. The Morgan fingerprint density at radius 2 is 0.543 bits per heavy atom. The van der Waals surface area contributed by atoms with Gasteiger partial charge in [-0.1, -0.05) is 200 Å². The fourth-order valence-corrected chi connectivity index (χ4v) is 7.78. The molecule has 208 valence electrons. The van der Waals surface area contributed by atoms with Crippen LogP contribution in [0.3, 0.4) is 0 Å². The lowest BCUT2D eigenvalue weighted by Gasteiger charge is -2.31. The molecule has 0 amide bonds. The van der Waals surface area contributed by atoms with Gasteiger partial charge in [0, 0.05) is 0 Å². The summed E-state index contributed by atoms with van der Waals surface area (Å²) < 4.78 is 0. The Morgan fingerprint density at radius 3 is 0.800 bits per heavy atom. The molecular weight excluding hydrogens is 420 g/mol. The molecule has 0 saturated heterocycles. The maximum absolute atomic E-state index is 2.36. The maximum Gasteiger partial charge on any atom is -0.0386 e. The summed E-state index contributed by atoms with van der Waals surface area (Å²) in [7, 11) is 0. The number of hydrogen-bond donors (Lipinski definition) is 0. The zero-order chi connectivity index (χ0) is 24.8. The Balaban J connectivity index is 1.32. The largest absolute Gasteiger partial charge is 0.0654 e. The van der Waals surface area contributed by atoms with Crippen LogP contribution in [0.2, 0.25) is 0 Å². The van der Waals surface area contributed by atoms with Crippen LogP contribution in [-0.4, -0.2) is 0 Å². The standard InChI is InChI=1S/C35H68/c1-3-5-24-32-28-20-22-30-34(32)26-18-16-14-12-10-8-7-9-11-13-15-17-19-27-35-31-23-21-29-33(35)25-6-4-2/h32-35H,3-31H2,1-2H3. The van der Waals surface area contributed by atoms with Gasteiger partial charge < -0.3 is 0 Å². The average molecular weight is 489 g/mol. The molecule has 0 heteroatoms. The highest BCUT2D eigenvalue weighted by Crippen LogP contribution is 2.37. The molecule has 2 saturated carbocycles. The first-order valence-corrected chi connectivity index (χ1v) is 17.3. The molecule has 0 nitrogen and oxygen atoms in total. The summed E-state index contributed by atoms with van der Waals surface area (Å²) in [4.78, 5) is 0. The molecule has 0 bridgehead atoms. The summed E-state index contributed by atoms with van der Waals surface area (Å²) in [6.45, 7) is 4.72. The van der Waals surface area contributed by atoms with E-state index in [9.17, 15) is 0 Å². The first-order chi connectivity index (χ1) is 17.3. The van der Waals surface area contributed by atoms with E-state index in [1.807, 2.05) is 0 Å². The van der Waals surface area contributed by atoms with Crippen LogP contribution >= 0.6 is 0 Å². The van der Waals surface area contributed by atoms with E-state index in [1.54, 1.807) is 38.5 Å². The highest BCUT2D eigenvalue weighted by molar-refractivity contribution is 4.76. The van der Waals surface area contributed by atoms with Crippen molar-refractivity contribution >= 4 is 0 Å². The second-order valence-corrected chi connectivity index (χ2v) is 13.1. The average Bonchev–Trinajstić information content (AvgIpc) is 2.89. The van der Waals surface area contributed by atoms with Crippen molar-refractivity contribution in [2.75, 3.05) is 0 Å². The van der Waals surface area contributed by atoms with E-state index in [0.29, 0.717) is 0 Å². The number of hydrogen-bond acceptors (Lipinski definition) is 0. The van der Waals surface area contributed by atoms with Gasteiger partial charge in [-0.25, -0.2) is 0 Å². The van der Waals surface area contributed by atoms with Crippen molar-refractivity contribution in [3.63, 3.8) is 0 Å². The third kappa shape index (κ3) is 15.1. The molecule has 0 aliphatic heterocycles. The zero-order valence-corrected chi connectivity index (χ0v) is 24.8. The predicted molar refractivity (Wildman–Crippen MR) is 159 cm³/mol. The fourth-order valence-electron chi connectivity index (χ4n) is 7.78. The molecule has 0 aromatic heterocycles. The van der Waals surface area contributed by atoms with Crippen LogP contribution in [0.5, 0.6) is 0 Å². The summed E-state index contributed by atoms with van der Waals surface area (Å²) in [5.74, 6) is 4.35. The quantitative estimate of drug-likeness (QED) is 0.133. The molecule has 0 radical (unpaired) electrons. The maximum atomic E-state index is 2.36. The Labute approximate surface area is 223 Å². The van der Waals surface area contributed by atoms with Gasteiger partial charge in [0.05, 0.1) is 0 Å². The third-order valence-electron chi connectivity index (χ3n) is 10.1. The smallest absolute Gasteiger partial charge is 0.0386 e. The van der Waals surface area contributed by atoms with Crippen LogP contribution in [0, 0.1) is 23.7 Å². The van der Waals surface area contributed by atoms with Crippen molar-refractivity contribution < 1.29 is 0 Å².